The normalized spacial score (nSPS) is 13.9. The third-order valence-corrected chi connectivity index (χ3v) is 4.94. The summed E-state index contributed by atoms with van der Waals surface area (Å²) < 4.78 is 5.38. The zero-order chi connectivity index (χ0) is 19.9. The lowest BCUT2D eigenvalue weighted by molar-refractivity contribution is -0.136. The Morgan fingerprint density at radius 3 is 2.25 bits per heavy atom. The maximum absolute atomic E-state index is 12.1. The van der Waals surface area contributed by atoms with E-state index in [0.717, 1.165) is 43.0 Å². The van der Waals surface area contributed by atoms with Crippen LogP contribution in [-0.4, -0.2) is 44.7 Å². The average molecular weight is 381 g/mol. The molecule has 0 aromatic heterocycles. The molecule has 28 heavy (non-hydrogen) atoms. The number of morpholine rings is 1. The predicted molar refractivity (Wildman–Crippen MR) is 111 cm³/mol. The van der Waals surface area contributed by atoms with Crippen molar-refractivity contribution in [2.45, 2.75) is 20.3 Å². The number of hydrogen-bond donors (Lipinski definition) is 2. The molecule has 1 saturated heterocycles. The van der Waals surface area contributed by atoms with Gasteiger partial charge >= 0.3 is 11.8 Å². The molecule has 2 aromatic rings. The molecule has 0 radical (unpaired) electrons. The van der Waals surface area contributed by atoms with Crippen molar-refractivity contribution in [1.29, 1.82) is 0 Å². The third kappa shape index (κ3) is 5.10. The van der Waals surface area contributed by atoms with Gasteiger partial charge in [0.1, 0.15) is 0 Å². The molecular weight excluding hydrogens is 354 g/mol. The number of carbonyl (C=O) groups is 2. The summed E-state index contributed by atoms with van der Waals surface area (Å²) in [6, 6.07) is 14.0. The molecule has 2 aromatic carbocycles. The number of rotatable bonds is 5. The van der Waals surface area contributed by atoms with Gasteiger partial charge in [0.15, 0.2) is 0 Å². The summed E-state index contributed by atoms with van der Waals surface area (Å²) in [4.78, 5) is 26.5. The molecule has 0 spiro atoms. The molecule has 6 nitrogen and oxygen atoms in total. The second-order valence-electron chi connectivity index (χ2n) is 6.99. The Labute approximate surface area is 165 Å². The highest BCUT2D eigenvalue weighted by Crippen LogP contribution is 2.19. The van der Waals surface area contributed by atoms with Gasteiger partial charge in [-0.05, 0) is 49.1 Å². The van der Waals surface area contributed by atoms with E-state index in [1.807, 2.05) is 32.0 Å². The number of nitrogens with zero attached hydrogens (tertiary/aromatic N) is 1. The topological polar surface area (TPSA) is 70.7 Å². The van der Waals surface area contributed by atoms with E-state index in [-0.39, 0.29) is 0 Å². The first-order chi connectivity index (χ1) is 13.5. The Morgan fingerprint density at radius 1 is 0.964 bits per heavy atom. The van der Waals surface area contributed by atoms with Crippen LogP contribution in [0, 0.1) is 13.8 Å². The maximum Gasteiger partial charge on any atom is 0.313 e. The van der Waals surface area contributed by atoms with E-state index >= 15 is 0 Å². The van der Waals surface area contributed by atoms with E-state index in [1.165, 1.54) is 5.69 Å². The molecule has 1 aliphatic heterocycles. The minimum Gasteiger partial charge on any atom is -0.378 e. The van der Waals surface area contributed by atoms with Gasteiger partial charge in [-0.15, -0.1) is 0 Å². The van der Waals surface area contributed by atoms with Crippen LogP contribution in [0.4, 0.5) is 11.4 Å². The molecular formula is C22H27N3O3. The van der Waals surface area contributed by atoms with Crippen LogP contribution >= 0.6 is 0 Å². The van der Waals surface area contributed by atoms with E-state index in [4.69, 9.17) is 4.74 Å². The van der Waals surface area contributed by atoms with Crippen LogP contribution in [0.3, 0.4) is 0 Å². The fourth-order valence-electron chi connectivity index (χ4n) is 3.28. The third-order valence-electron chi connectivity index (χ3n) is 4.94. The molecule has 6 heteroatoms. The summed E-state index contributed by atoms with van der Waals surface area (Å²) in [6.45, 7) is 7.56. The van der Waals surface area contributed by atoms with Crippen molar-refractivity contribution in [2.24, 2.45) is 0 Å². The van der Waals surface area contributed by atoms with Gasteiger partial charge in [-0.1, -0.05) is 30.3 Å². The lowest BCUT2D eigenvalue weighted by atomic mass is 10.1. The Bertz CT molecular complexity index is 807. The Kier molecular flexibility index (Phi) is 6.66. The van der Waals surface area contributed by atoms with Crippen LogP contribution in [0.5, 0.6) is 0 Å². The van der Waals surface area contributed by atoms with Crippen molar-refractivity contribution >= 4 is 23.2 Å². The first-order valence-corrected chi connectivity index (χ1v) is 9.61. The molecule has 3 rings (SSSR count). The Hall–Kier alpha value is -2.86. The van der Waals surface area contributed by atoms with Gasteiger partial charge in [0.2, 0.25) is 0 Å². The molecule has 1 aliphatic rings. The Morgan fingerprint density at radius 2 is 1.61 bits per heavy atom. The fraction of sp³-hybridized carbons (Fsp3) is 0.364. The number of anilines is 2. The van der Waals surface area contributed by atoms with Gasteiger partial charge in [0, 0.05) is 31.0 Å². The molecule has 0 aliphatic carbocycles. The van der Waals surface area contributed by atoms with Gasteiger partial charge in [-0.3, -0.25) is 9.59 Å². The lowest BCUT2D eigenvalue weighted by Gasteiger charge is -2.28. The highest BCUT2D eigenvalue weighted by molar-refractivity contribution is 6.39. The highest BCUT2D eigenvalue weighted by Gasteiger charge is 2.15. The standard InChI is InChI=1S/C22H27N3O3/c1-16-4-3-5-17(2)20(16)24-22(27)21(26)23-11-10-18-6-8-19(9-7-18)25-12-14-28-15-13-25/h3-9H,10-15H2,1-2H3,(H,23,26)(H,24,27). The van der Waals surface area contributed by atoms with Gasteiger partial charge in [0.05, 0.1) is 13.2 Å². The van der Waals surface area contributed by atoms with Gasteiger partial charge in [-0.2, -0.15) is 0 Å². The molecule has 0 saturated carbocycles. The van der Waals surface area contributed by atoms with E-state index in [1.54, 1.807) is 0 Å². The molecule has 1 fully saturated rings. The van der Waals surface area contributed by atoms with E-state index < -0.39 is 11.8 Å². The predicted octanol–water partition coefficient (Wildman–Crippen LogP) is 2.44. The minimum atomic E-state index is -0.639. The van der Waals surface area contributed by atoms with Crippen molar-refractivity contribution < 1.29 is 14.3 Å². The molecule has 2 amide bonds. The summed E-state index contributed by atoms with van der Waals surface area (Å²) in [6.07, 6.45) is 0.672. The summed E-state index contributed by atoms with van der Waals surface area (Å²) in [5.74, 6) is -1.26. The maximum atomic E-state index is 12.1. The fourth-order valence-corrected chi connectivity index (χ4v) is 3.28. The van der Waals surface area contributed by atoms with Crippen LogP contribution in [0.15, 0.2) is 42.5 Å². The summed E-state index contributed by atoms with van der Waals surface area (Å²) >= 11 is 0. The van der Waals surface area contributed by atoms with Gasteiger partial charge in [-0.25, -0.2) is 0 Å². The first-order valence-electron chi connectivity index (χ1n) is 9.61. The number of aryl methyl sites for hydroxylation is 2. The van der Waals surface area contributed by atoms with E-state index in [9.17, 15) is 9.59 Å². The van der Waals surface area contributed by atoms with Crippen molar-refractivity contribution in [3.63, 3.8) is 0 Å². The zero-order valence-corrected chi connectivity index (χ0v) is 16.5. The van der Waals surface area contributed by atoms with Crippen molar-refractivity contribution in [3.8, 4) is 0 Å². The van der Waals surface area contributed by atoms with E-state index in [0.29, 0.717) is 18.7 Å². The van der Waals surface area contributed by atoms with Crippen molar-refractivity contribution in [3.05, 3.63) is 59.2 Å². The minimum absolute atomic E-state index is 0.413. The van der Waals surface area contributed by atoms with Crippen LogP contribution in [-0.2, 0) is 20.7 Å². The number of hydrogen-bond acceptors (Lipinski definition) is 4. The number of amides is 2. The zero-order valence-electron chi connectivity index (χ0n) is 16.5. The SMILES string of the molecule is Cc1cccc(C)c1NC(=O)C(=O)NCCc1ccc(N2CCOCC2)cc1. The van der Waals surface area contributed by atoms with E-state index in [2.05, 4.69) is 39.8 Å². The number of ether oxygens (including phenoxy) is 1. The highest BCUT2D eigenvalue weighted by atomic mass is 16.5. The molecule has 148 valence electrons. The van der Waals surface area contributed by atoms with Crippen LogP contribution < -0.4 is 15.5 Å². The molecule has 1 heterocycles. The van der Waals surface area contributed by atoms with Crippen molar-refractivity contribution in [2.75, 3.05) is 43.1 Å². The Balaban J connectivity index is 1.46. The van der Waals surface area contributed by atoms with Crippen LogP contribution in [0.25, 0.3) is 0 Å². The summed E-state index contributed by atoms with van der Waals surface area (Å²) in [5, 5.41) is 5.39. The molecule has 0 unspecified atom stereocenters. The summed E-state index contributed by atoms with van der Waals surface area (Å²) in [5.41, 5.74) is 4.86. The number of nitrogens with one attached hydrogen (secondary N) is 2. The second kappa shape index (κ2) is 9.37. The van der Waals surface area contributed by atoms with Crippen LogP contribution in [0.2, 0.25) is 0 Å². The largest absolute Gasteiger partial charge is 0.378 e. The first kappa shape index (κ1) is 19.9. The van der Waals surface area contributed by atoms with Gasteiger partial charge < -0.3 is 20.3 Å². The second-order valence-corrected chi connectivity index (χ2v) is 6.99. The van der Waals surface area contributed by atoms with Gasteiger partial charge in [0.25, 0.3) is 0 Å². The number of benzene rings is 2. The lowest BCUT2D eigenvalue weighted by Crippen LogP contribution is -2.37. The smallest absolute Gasteiger partial charge is 0.313 e. The molecule has 0 bridgehead atoms. The van der Waals surface area contributed by atoms with Crippen molar-refractivity contribution in [1.82, 2.24) is 5.32 Å². The monoisotopic (exact) mass is 381 g/mol. The quantitative estimate of drug-likeness (QED) is 0.781. The molecule has 0 atom stereocenters. The molecule has 2 N–H and O–H groups in total. The average Bonchev–Trinajstić information content (AvgIpc) is 2.72. The number of carbonyl (C=O) groups excluding carboxylic acids is 2. The number of para-hydroxylation sites is 1. The van der Waals surface area contributed by atoms with Crippen LogP contribution in [0.1, 0.15) is 16.7 Å². The summed E-state index contributed by atoms with van der Waals surface area (Å²) in [7, 11) is 0.